The second-order valence-corrected chi connectivity index (χ2v) is 5.52. The number of aliphatic hydroxyl groups excluding tert-OH is 1. The molecule has 2 rings (SSSR count). The van der Waals surface area contributed by atoms with Crippen LogP contribution in [0.15, 0.2) is 3.92 Å². The lowest BCUT2D eigenvalue weighted by atomic mass is 10.1. The third-order valence-electron chi connectivity index (χ3n) is 2.23. The zero-order valence-electron chi connectivity index (χ0n) is 7.14. The van der Waals surface area contributed by atoms with Gasteiger partial charge in [0.25, 0.3) is 0 Å². The molecule has 1 aliphatic heterocycles. The standard InChI is InChI=1S/C7H10BrN3OS/c1-4-2-11(3-5(4)12)7-10-9-6(8)13-7/h4-5,12H,2-3H2,1H3. The highest BCUT2D eigenvalue weighted by atomic mass is 79.9. The molecule has 0 aromatic carbocycles. The minimum atomic E-state index is -0.234. The SMILES string of the molecule is CC1CN(c2nnc(Br)s2)CC1O. The van der Waals surface area contributed by atoms with Crippen molar-refractivity contribution >= 4 is 32.4 Å². The Morgan fingerprint density at radius 3 is 2.77 bits per heavy atom. The Hall–Kier alpha value is -0.200. The van der Waals surface area contributed by atoms with Crippen LogP contribution in [-0.2, 0) is 0 Å². The molecule has 1 fully saturated rings. The first-order valence-corrected chi connectivity index (χ1v) is 5.70. The van der Waals surface area contributed by atoms with Crippen LogP contribution in [0.4, 0.5) is 5.13 Å². The summed E-state index contributed by atoms with van der Waals surface area (Å²) in [5, 5.41) is 18.3. The number of anilines is 1. The van der Waals surface area contributed by atoms with Crippen molar-refractivity contribution in [2.24, 2.45) is 5.92 Å². The van der Waals surface area contributed by atoms with E-state index in [1.54, 1.807) is 0 Å². The molecule has 1 aromatic rings. The molecule has 1 N–H and O–H groups in total. The van der Waals surface area contributed by atoms with Crippen molar-refractivity contribution in [3.05, 3.63) is 3.92 Å². The van der Waals surface area contributed by atoms with Crippen LogP contribution in [0.5, 0.6) is 0 Å². The van der Waals surface area contributed by atoms with Crippen molar-refractivity contribution in [3.8, 4) is 0 Å². The van der Waals surface area contributed by atoms with Crippen molar-refractivity contribution in [1.29, 1.82) is 0 Å². The Kier molecular flexibility index (Phi) is 2.53. The van der Waals surface area contributed by atoms with E-state index < -0.39 is 0 Å². The van der Waals surface area contributed by atoms with Crippen molar-refractivity contribution in [1.82, 2.24) is 10.2 Å². The first-order chi connectivity index (χ1) is 6.16. The van der Waals surface area contributed by atoms with Gasteiger partial charge in [0.1, 0.15) is 0 Å². The number of aliphatic hydroxyl groups is 1. The summed E-state index contributed by atoms with van der Waals surface area (Å²) in [6, 6.07) is 0. The molecule has 0 saturated carbocycles. The van der Waals surface area contributed by atoms with E-state index in [0.717, 1.165) is 15.6 Å². The summed E-state index contributed by atoms with van der Waals surface area (Å²) in [7, 11) is 0. The molecule has 0 amide bonds. The molecule has 2 unspecified atom stereocenters. The summed E-state index contributed by atoms with van der Waals surface area (Å²) in [6.07, 6.45) is -0.234. The maximum atomic E-state index is 9.54. The van der Waals surface area contributed by atoms with Gasteiger partial charge >= 0.3 is 0 Å². The van der Waals surface area contributed by atoms with Crippen LogP contribution in [-0.4, -0.2) is 34.5 Å². The number of halogens is 1. The van der Waals surface area contributed by atoms with E-state index >= 15 is 0 Å². The number of nitrogens with zero attached hydrogens (tertiary/aromatic N) is 3. The summed E-state index contributed by atoms with van der Waals surface area (Å²) in [6.45, 7) is 3.58. The summed E-state index contributed by atoms with van der Waals surface area (Å²) in [5.41, 5.74) is 0. The van der Waals surface area contributed by atoms with Crippen molar-refractivity contribution in [3.63, 3.8) is 0 Å². The fraction of sp³-hybridized carbons (Fsp3) is 0.714. The van der Waals surface area contributed by atoms with E-state index in [-0.39, 0.29) is 6.10 Å². The van der Waals surface area contributed by atoms with E-state index in [4.69, 9.17) is 0 Å². The number of β-amino-alcohol motifs (C(OH)–C–C–N with tert-alkyl or cyclic N) is 1. The largest absolute Gasteiger partial charge is 0.391 e. The smallest absolute Gasteiger partial charge is 0.209 e. The fourth-order valence-corrected chi connectivity index (χ4v) is 2.54. The van der Waals surface area contributed by atoms with E-state index in [0.29, 0.717) is 12.5 Å². The second-order valence-electron chi connectivity index (χ2n) is 3.29. The highest BCUT2D eigenvalue weighted by molar-refractivity contribution is 9.11. The Morgan fingerprint density at radius 2 is 2.31 bits per heavy atom. The van der Waals surface area contributed by atoms with E-state index in [9.17, 15) is 5.11 Å². The van der Waals surface area contributed by atoms with E-state index in [2.05, 4.69) is 31.0 Å². The molecule has 1 saturated heterocycles. The Bertz CT molecular complexity index is 296. The molecular formula is C7H10BrN3OS. The zero-order chi connectivity index (χ0) is 9.42. The second kappa shape index (κ2) is 3.51. The monoisotopic (exact) mass is 263 g/mol. The molecule has 0 spiro atoms. The third kappa shape index (κ3) is 1.84. The van der Waals surface area contributed by atoms with Crippen molar-refractivity contribution in [2.45, 2.75) is 13.0 Å². The van der Waals surface area contributed by atoms with Gasteiger partial charge in [0.2, 0.25) is 5.13 Å². The number of rotatable bonds is 1. The van der Waals surface area contributed by atoms with Gasteiger partial charge in [-0.2, -0.15) is 0 Å². The van der Waals surface area contributed by atoms with Gasteiger partial charge < -0.3 is 10.0 Å². The maximum Gasteiger partial charge on any atom is 0.209 e. The number of aromatic nitrogens is 2. The summed E-state index contributed by atoms with van der Waals surface area (Å²) >= 11 is 4.76. The summed E-state index contributed by atoms with van der Waals surface area (Å²) < 4.78 is 0.788. The quantitative estimate of drug-likeness (QED) is 0.825. The Labute approximate surface area is 88.7 Å². The van der Waals surface area contributed by atoms with Gasteiger partial charge in [0.15, 0.2) is 3.92 Å². The van der Waals surface area contributed by atoms with Gasteiger partial charge in [-0.3, -0.25) is 0 Å². The molecule has 4 nitrogen and oxygen atoms in total. The van der Waals surface area contributed by atoms with Crippen molar-refractivity contribution < 1.29 is 5.11 Å². The third-order valence-corrected chi connectivity index (χ3v) is 3.65. The van der Waals surface area contributed by atoms with E-state index in [1.807, 2.05) is 6.92 Å². The van der Waals surface area contributed by atoms with Crippen molar-refractivity contribution in [2.75, 3.05) is 18.0 Å². The predicted octanol–water partition coefficient (Wildman–Crippen LogP) is 1.12. The highest BCUT2D eigenvalue weighted by Crippen LogP contribution is 2.28. The molecule has 2 heterocycles. The Balaban J connectivity index is 2.11. The molecule has 0 aliphatic carbocycles. The lowest BCUT2D eigenvalue weighted by molar-refractivity contribution is 0.157. The fourth-order valence-electron chi connectivity index (χ4n) is 1.43. The molecule has 2 atom stereocenters. The number of hydrogen-bond acceptors (Lipinski definition) is 5. The van der Waals surface area contributed by atoms with Crippen LogP contribution < -0.4 is 4.90 Å². The average molecular weight is 264 g/mol. The molecular weight excluding hydrogens is 254 g/mol. The van der Waals surface area contributed by atoms with Gasteiger partial charge in [-0.1, -0.05) is 18.3 Å². The minimum Gasteiger partial charge on any atom is -0.391 e. The molecule has 0 bridgehead atoms. The van der Waals surface area contributed by atoms with Gasteiger partial charge in [-0.05, 0) is 15.9 Å². The zero-order valence-corrected chi connectivity index (χ0v) is 9.55. The Morgan fingerprint density at radius 1 is 1.54 bits per heavy atom. The topological polar surface area (TPSA) is 49.2 Å². The van der Waals surface area contributed by atoms with Gasteiger partial charge in [0, 0.05) is 19.0 Å². The molecule has 0 radical (unpaired) electrons. The first kappa shape index (κ1) is 9.36. The minimum absolute atomic E-state index is 0.234. The van der Waals surface area contributed by atoms with Gasteiger partial charge in [0.05, 0.1) is 6.10 Å². The van der Waals surface area contributed by atoms with Crippen LogP contribution >= 0.6 is 27.3 Å². The average Bonchev–Trinajstić information content (AvgIpc) is 2.61. The maximum absolute atomic E-state index is 9.54. The number of hydrogen-bond donors (Lipinski definition) is 1. The normalized spacial score (nSPS) is 28.4. The first-order valence-electron chi connectivity index (χ1n) is 4.09. The van der Waals surface area contributed by atoms with Crippen LogP contribution in [0.2, 0.25) is 0 Å². The summed E-state index contributed by atoms with van der Waals surface area (Å²) in [5.74, 6) is 0.322. The van der Waals surface area contributed by atoms with Crippen LogP contribution in [0.1, 0.15) is 6.92 Å². The van der Waals surface area contributed by atoms with Crippen LogP contribution in [0, 0.1) is 5.92 Å². The highest BCUT2D eigenvalue weighted by Gasteiger charge is 2.29. The summed E-state index contributed by atoms with van der Waals surface area (Å²) in [4.78, 5) is 2.07. The molecule has 72 valence electrons. The molecule has 13 heavy (non-hydrogen) atoms. The molecule has 1 aromatic heterocycles. The van der Waals surface area contributed by atoms with Crippen LogP contribution in [0.3, 0.4) is 0 Å². The van der Waals surface area contributed by atoms with Gasteiger partial charge in [-0.25, -0.2) is 0 Å². The molecule has 6 heteroatoms. The predicted molar refractivity (Wildman–Crippen MR) is 55.0 cm³/mol. The lowest BCUT2D eigenvalue weighted by Crippen LogP contribution is -2.20. The lowest BCUT2D eigenvalue weighted by Gasteiger charge is -2.11. The van der Waals surface area contributed by atoms with E-state index in [1.165, 1.54) is 11.3 Å². The molecule has 1 aliphatic rings. The van der Waals surface area contributed by atoms with Crippen LogP contribution in [0.25, 0.3) is 0 Å². The van der Waals surface area contributed by atoms with Gasteiger partial charge in [-0.15, -0.1) is 10.2 Å².